The Labute approximate surface area is 545 Å². The molecule has 0 aromatic carbocycles. The number of aliphatic hydroxyl groups is 15. The summed E-state index contributed by atoms with van der Waals surface area (Å²) in [5, 5.41) is 172. The van der Waals surface area contributed by atoms with Crippen molar-refractivity contribution in [3.8, 4) is 0 Å². The van der Waals surface area contributed by atoms with E-state index >= 15 is 4.79 Å². The summed E-state index contributed by atoms with van der Waals surface area (Å²) in [7, 11) is 0. The van der Waals surface area contributed by atoms with Gasteiger partial charge in [-0.15, -0.1) is 0 Å². The van der Waals surface area contributed by atoms with Gasteiger partial charge < -0.3 is 129 Å². The highest BCUT2D eigenvalue weighted by molar-refractivity contribution is 5.86. The van der Waals surface area contributed by atoms with Crippen molar-refractivity contribution < 1.29 is 143 Å². The Hall–Kier alpha value is -2.61. The minimum Gasteiger partial charge on any atom is -0.457 e. The summed E-state index contributed by atoms with van der Waals surface area (Å²) in [6, 6.07) is 0. The molecule has 0 radical (unpaired) electrons. The molecular weight excluding hydrogens is 1240 g/mol. The second-order valence-electron chi connectivity index (χ2n) is 31.9. The maximum absolute atomic E-state index is 15.9. The number of carbonyl (C=O) groups is 3. The maximum Gasteiger partial charge on any atom is 0.315 e. The Bertz CT molecular complexity index is 2830. The number of aliphatic hydroxyl groups excluding tert-OH is 14. The van der Waals surface area contributed by atoms with Gasteiger partial charge in [-0.25, -0.2) is 0 Å². The van der Waals surface area contributed by atoms with Crippen molar-refractivity contribution >= 4 is 17.7 Å². The first-order chi connectivity index (χ1) is 43.7. The molecule has 0 aromatic heterocycles. The number of rotatable bonds is 4. The Morgan fingerprint density at radius 2 is 1.20 bits per heavy atom. The maximum atomic E-state index is 15.9. The van der Waals surface area contributed by atoms with E-state index in [1.807, 2.05) is 0 Å². The van der Waals surface area contributed by atoms with Crippen LogP contribution in [-0.2, 0) is 66.5 Å². The predicted octanol–water partition coefficient (Wildman–Crippen LogP) is -2.51. The third-order valence-corrected chi connectivity index (χ3v) is 25.7. The van der Waals surface area contributed by atoms with E-state index in [4.69, 9.17) is 52.1 Å². The average molecular weight is 1350 g/mol. The fourth-order valence-corrected chi connectivity index (χ4v) is 19.9. The minimum absolute atomic E-state index is 0.102. The predicted molar refractivity (Wildman–Crippen MR) is 316 cm³/mol. The van der Waals surface area contributed by atoms with Crippen LogP contribution in [-0.4, -0.2) is 280 Å². The van der Waals surface area contributed by atoms with Crippen molar-refractivity contribution in [2.45, 2.75) is 299 Å². The Morgan fingerprint density at radius 1 is 0.564 bits per heavy atom. The molecule has 34 atom stereocenters. The van der Waals surface area contributed by atoms with E-state index < -0.39 is 260 Å². The van der Waals surface area contributed by atoms with Crippen LogP contribution >= 0.6 is 0 Å². The molecule has 8 saturated heterocycles. The highest BCUT2D eigenvalue weighted by Crippen LogP contribution is 2.82. The molecular formula is C65H102O29. The van der Waals surface area contributed by atoms with Crippen LogP contribution in [0.2, 0.25) is 0 Å². The Balaban J connectivity index is 0.998. The molecule has 29 nitrogen and oxygen atoms in total. The number of allylic oxidation sites excluding steroid dienone is 2. The minimum atomic E-state index is -2.42. The molecule has 12 fully saturated rings. The Kier molecular flexibility index (Phi) is 19.7. The van der Waals surface area contributed by atoms with Gasteiger partial charge in [-0.2, -0.15) is 0 Å². The standard InChI is InChI=1S/C65H102O29/c1-27-45-47(90-51-42(79)36(73)30(70)23-84-51)44(81)53(86-27)91-48-37(74)31(71)24-85-54(48)94-56(82)65-17-15-57(2,3)25-62(65,8)34-12-14-64(10)61(7)20-29(69)50(59(5,26-67)33(61)11-13-63(64,9)60(34,6)16-18-65)93-55-49(40(77)38(75)32(22-66)87-55)92-52-43(80)39(76)41(78)46(89-52)28(68)19-58(4,83)21-35(72)88-45/h12,27,29-33,36-55,66-67,69-71,73-81,83H,11,13-26H2,1-10H3. The van der Waals surface area contributed by atoms with Gasteiger partial charge in [0.05, 0.1) is 62.2 Å². The van der Waals surface area contributed by atoms with Gasteiger partial charge in [0.15, 0.2) is 43.2 Å². The first-order valence-corrected chi connectivity index (χ1v) is 33.3. The van der Waals surface area contributed by atoms with Crippen LogP contribution in [0.3, 0.4) is 0 Å². The van der Waals surface area contributed by atoms with Crippen molar-refractivity contribution in [2.75, 3.05) is 26.4 Å². The summed E-state index contributed by atoms with van der Waals surface area (Å²) < 4.78 is 67.3. The zero-order chi connectivity index (χ0) is 68.9. The lowest BCUT2D eigenvalue weighted by atomic mass is 9.27. The molecule has 17 aliphatic rings. The lowest BCUT2D eigenvalue weighted by Crippen LogP contribution is -2.73. The molecule has 0 amide bonds. The summed E-state index contributed by atoms with van der Waals surface area (Å²) in [6.07, 6.45) is -42.2. The largest absolute Gasteiger partial charge is 0.457 e. The van der Waals surface area contributed by atoms with E-state index in [1.165, 1.54) is 6.92 Å². The SMILES string of the molecule is CC1OC2OC3C(OCC(O)C3O)OC(=O)C34CCC(C)(C)CC3(C)C3=CCC5(C)C6(C)CC(O)C(OC7OC(CO)C(O)C(O)C7OC7OC(C(=O)CC(C)(O)CC(=O)OC1C(OC1OCC(O)C(O)C1O)C2O)C(O)C(O)C7O)C(C)(CO)C6CCC5(C)C3(C)CC4. The van der Waals surface area contributed by atoms with E-state index in [1.54, 1.807) is 6.92 Å². The van der Waals surface area contributed by atoms with E-state index in [2.05, 4.69) is 54.5 Å². The van der Waals surface area contributed by atoms with E-state index in [0.29, 0.717) is 51.4 Å². The number of ether oxygens (including phenoxy) is 11. The molecule has 12 heterocycles. The fourth-order valence-electron chi connectivity index (χ4n) is 19.9. The molecule has 536 valence electrons. The number of carbonyl (C=O) groups excluding carboxylic acids is 3. The van der Waals surface area contributed by atoms with Gasteiger partial charge in [0.2, 0.25) is 6.29 Å². The zero-order valence-electron chi connectivity index (χ0n) is 55.1. The quantitative estimate of drug-likeness (QED) is 0.0785. The van der Waals surface area contributed by atoms with Gasteiger partial charge in [0.1, 0.15) is 91.6 Å². The van der Waals surface area contributed by atoms with E-state index in [-0.39, 0.29) is 11.8 Å². The molecule has 15 N–H and O–H groups in total. The average Bonchev–Trinajstić information content (AvgIpc) is 0.653. The first kappa shape index (κ1) is 72.6. The first-order valence-electron chi connectivity index (χ1n) is 33.3. The molecule has 17 rings (SSSR count). The van der Waals surface area contributed by atoms with Crippen molar-refractivity contribution in [3.05, 3.63) is 11.6 Å². The van der Waals surface area contributed by atoms with Crippen LogP contribution in [0.25, 0.3) is 0 Å². The smallest absolute Gasteiger partial charge is 0.315 e. The number of hydrogen-bond donors (Lipinski definition) is 15. The summed E-state index contributed by atoms with van der Waals surface area (Å²) >= 11 is 0. The van der Waals surface area contributed by atoms with Crippen LogP contribution in [0.4, 0.5) is 0 Å². The van der Waals surface area contributed by atoms with Crippen LogP contribution in [0.5, 0.6) is 0 Å². The Morgan fingerprint density at radius 3 is 1.87 bits per heavy atom. The summed E-state index contributed by atoms with van der Waals surface area (Å²) in [5.74, 6) is -3.54. The normalized spacial score (nSPS) is 55.9. The van der Waals surface area contributed by atoms with Crippen molar-refractivity contribution in [1.82, 2.24) is 0 Å². The van der Waals surface area contributed by atoms with Crippen molar-refractivity contribution in [2.24, 2.45) is 49.2 Å². The second-order valence-corrected chi connectivity index (χ2v) is 31.9. The van der Waals surface area contributed by atoms with Crippen molar-refractivity contribution in [1.29, 1.82) is 0 Å². The fraction of sp³-hybridized carbons (Fsp3) is 0.923. The van der Waals surface area contributed by atoms with Gasteiger partial charge in [0, 0.05) is 17.3 Å². The van der Waals surface area contributed by atoms with Crippen molar-refractivity contribution in [3.63, 3.8) is 0 Å². The molecule has 0 aromatic rings. The highest BCUT2D eigenvalue weighted by Gasteiger charge is 2.77. The molecule has 94 heavy (non-hydrogen) atoms. The van der Waals surface area contributed by atoms with Gasteiger partial charge in [0.25, 0.3) is 0 Å². The van der Waals surface area contributed by atoms with Gasteiger partial charge in [-0.05, 0) is 105 Å². The summed E-state index contributed by atoms with van der Waals surface area (Å²) in [6.45, 7) is 17.0. The third-order valence-electron chi connectivity index (χ3n) is 25.7. The monoisotopic (exact) mass is 1350 g/mol. The van der Waals surface area contributed by atoms with Crippen LogP contribution in [0.15, 0.2) is 11.6 Å². The highest BCUT2D eigenvalue weighted by atomic mass is 16.8. The van der Waals surface area contributed by atoms with Crippen LogP contribution in [0.1, 0.15) is 140 Å². The van der Waals surface area contributed by atoms with Crippen LogP contribution in [0, 0.1) is 49.2 Å². The summed E-state index contributed by atoms with van der Waals surface area (Å²) in [5.41, 5.74) is -7.72. The molecule has 4 saturated carbocycles. The van der Waals surface area contributed by atoms with Gasteiger partial charge >= 0.3 is 11.9 Å². The topological polar surface area (TPSA) is 456 Å². The lowest BCUT2D eigenvalue weighted by molar-refractivity contribution is -0.383. The van der Waals surface area contributed by atoms with Crippen LogP contribution < -0.4 is 0 Å². The molecule has 34 unspecified atom stereocenters. The van der Waals surface area contributed by atoms with Gasteiger partial charge in [-0.1, -0.05) is 67.0 Å². The molecule has 12 aliphatic heterocycles. The second kappa shape index (κ2) is 25.5. The summed E-state index contributed by atoms with van der Waals surface area (Å²) in [4.78, 5) is 44.3. The molecule has 29 heteroatoms. The third kappa shape index (κ3) is 11.4. The van der Waals surface area contributed by atoms with Gasteiger partial charge in [-0.3, -0.25) is 14.4 Å². The number of esters is 2. The molecule has 1 spiro atoms. The van der Waals surface area contributed by atoms with E-state index in [0.717, 1.165) is 12.5 Å². The molecule has 12 bridgehead atoms. The zero-order valence-corrected chi connectivity index (χ0v) is 55.1. The number of Topliss-reactive ketones (excluding diaryl/α,β-unsaturated/α-hetero) is 1. The molecule has 5 aliphatic carbocycles. The number of hydrogen-bond acceptors (Lipinski definition) is 29. The lowest BCUT2D eigenvalue weighted by Gasteiger charge is -2.77. The van der Waals surface area contributed by atoms with E-state index in [9.17, 15) is 86.2 Å². The number of ketones is 1.